The number of aromatic nitrogens is 2. The van der Waals surface area contributed by atoms with Gasteiger partial charge >= 0.3 is 0 Å². The molecular formula is C15H15N3O2S. The van der Waals surface area contributed by atoms with Crippen molar-refractivity contribution >= 4 is 33.3 Å². The second kappa shape index (κ2) is 5.29. The van der Waals surface area contributed by atoms with Gasteiger partial charge in [-0.15, -0.1) is 11.3 Å². The molecular weight excluding hydrogens is 286 g/mol. The van der Waals surface area contributed by atoms with E-state index in [1.807, 2.05) is 26.8 Å². The Morgan fingerprint density at radius 2 is 2.14 bits per heavy atom. The van der Waals surface area contributed by atoms with E-state index in [-0.39, 0.29) is 12.3 Å². The Balaban J connectivity index is 1.83. The fourth-order valence-electron chi connectivity index (χ4n) is 2.37. The Hall–Kier alpha value is -2.21. The summed E-state index contributed by atoms with van der Waals surface area (Å²) in [4.78, 5) is 17.3. The average Bonchev–Trinajstić information content (AvgIpc) is 2.96. The first-order chi connectivity index (χ1) is 10.0. The molecule has 6 heteroatoms. The number of hydrogen-bond acceptors (Lipinski definition) is 5. The van der Waals surface area contributed by atoms with Crippen molar-refractivity contribution in [3.63, 3.8) is 0 Å². The van der Waals surface area contributed by atoms with Crippen LogP contribution in [0, 0.1) is 20.8 Å². The number of rotatable bonds is 3. The van der Waals surface area contributed by atoms with Crippen molar-refractivity contribution in [3.05, 3.63) is 40.0 Å². The number of hydrogen-bond donors (Lipinski definition) is 1. The van der Waals surface area contributed by atoms with Crippen LogP contribution in [0.15, 0.2) is 22.9 Å². The maximum atomic E-state index is 12.1. The van der Waals surface area contributed by atoms with Crippen LogP contribution in [-0.4, -0.2) is 16.0 Å². The zero-order chi connectivity index (χ0) is 15.0. The number of amides is 1. The molecule has 0 aliphatic carbocycles. The van der Waals surface area contributed by atoms with Crippen LogP contribution in [0.4, 0.5) is 5.13 Å². The molecule has 5 nitrogen and oxygen atoms in total. The highest BCUT2D eigenvalue weighted by Crippen LogP contribution is 2.25. The van der Waals surface area contributed by atoms with Gasteiger partial charge in [0.15, 0.2) is 10.7 Å². The Bertz CT molecular complexity index is 820. The van der Waals surface area contributed by atoms with E-state index in [1.165, 1.54) is 11.3 Å². The number of nitrogens with zero attached hydrogens (tertiary/aromatic N) is 2. The average molecular weight is 301 g/mol. The van der Waals surface area contributed by atoms with Crippen LogP contribution < -0.4 is 5.32 Å². The fourth-order valence-corrected chi connectivity index (χ4v) is 3.05. The van der Waals surface area contributed by atoms with Crippen molar-refractivity contribution in [1.29, 1.82) is 0 Å². The minimum atomic E-state index is -0.139. The summed E-state index contributed by atoms with van der Waals surface area (Å²) in [6, 6.07) is 3.99. The number of thiazole rings is 1. The molecule has 0 spiro atoms. The molecule has 2 heterocycles. The molecule has 0 saturated carbocycles. The number of anilines is 1. The van der Waals surface area contributed by atoms with E-state index in [0.29, 0.717) is 10.8 Å². The molecule has 0 aliphatic heterocycles. The molecule has 0 saturated heterocycles. The molecule has 21 heavy (non-hydrogen) atoms. The van der Waals surface area contributed by atoms with Gasteiger partial charge in [-0.05, 0) is 38.0 Å². The first-order valence-corrected chi connectivity index (χ1v) is 7.42. The standard InChI is InChI=1S/C15H15N3O2S/c1-8-4-9(2)14-11(18-20-12(14)5-8)6-13(19)17-15-16-7-10(3)21-15/h4-5,7H,6H2,1-3H3,(H,16,17,19). The molecule has 0 bridgehead atoms. The minimum absolute atomic E-state index is 0.139. The van der Waals surface area contributed by atoms with Gasteiger partial charge in [-0.2, -0.15) is 0 Å². The van der Waals surface area contributed by atoms with Crippen LogP contribution in [0.25, 0.3) is 11.0 Å². The van der Waals surface area contributed by atoms with Gasteiger partial charge in [0.2, 0.25) is 5.91 Å². The Morgan fingerprint density at radius 3 is 2.86 bits per heavy atom. The van der Waals surface area contributed by atoms with Gasteiger partial charge in [-0.1, -0.05) is 11.2 Å². The highest BCUT2D eigenvalue weighted by Gasteiger charge is 2.15. The van der Waals surface area contributed by atoms with Crippen molar-refractivity contribution in [3.8, 4) is 0 Å². The van der Waals surface area contributed by atoms with E-state index in [1.54, 1.807) is 6.20 Å². The predicted octanol–water partition coefficient (Wildman–Crippen LogP) is 3.39. The summed E-state index contributed by atoms with van der Waals surface area (Å²) >= 11 is 1.45. The lowest BCUT2D eigenvalue weighted by molar-refractivity contribution is -0.115. The highest BCUT2D eigenvalue weighted by molar-refractivity contribution is 7.15. The van der Waals surface area contributed by atoms with E-state index in [0.717, 1.165) is 27.0 Å². The molecule has 3 rings (SSSR count). The van der Waals surface area contributed by atoms with Gasteiger partial charge in [0.05, 0.1) is 6.42 Å². The number of aryl methyl sites for hydroxylation is 3. The van der Waals surface area contributed by atoms with Crippen molar-refractivity contribution < 1.29 is 9.32 Å². The fraction of sp³-hybridized carbons (Fsp3) is 0.267. The van der Waals surface area contributed by atoms with Gasteiger partial charge in [0.25, 0.3) is 0 Å². The van der Waals surface area contributed by atoms with Crippen molar-refractivity contribution in [2.75, 3.05) is 5.32 Å². The molecule has 108 valence electrons. The number of benzene rings is 1. The third-order valence-electron chi connectivity index (χ3n) is 3.18. The van der Waals surface area contributed by atoms with Crippen molar-refractivity contribution in [2.24, 2.45) is 0 Å². The van der Waals surface area contributed by atoms with Gasteiger partial charge in [-0.3, -0.25) is 4.79 Å². The number of carbonyl (C=O) groups is 1. The number of fused-ring (bicyclic) bond motifs is 1. The maximum Gasteiger partial charge on any atom is 0.232 e. The molecule has 0 atom stereocenters. The van der Waals surface area contributed by atoms with Crippen LogP contribution in [0.3, 0.4) is 0 Å². The van der Waals surface area contributed by atoms with E-state index >= 15 is 0 Å². The molecule has 1 amide bonds. The van der Waals surface area contributed by atoms with Gasteiger partial charge < -0.3 is 9.84 Å². The second-order valence-corrected chi connectivity index (χ2v) is 6.32. The molecule has 0 aliphatic rings. The summed E-state index contributed by atoms with van der Waals surface area (Å²) in [7, 11) is 0. The molecule has 3 aromatic rings. The predicted molar refractivity (Wildman–Crippen MR) is 82.7 cm³/mol. The first-order valence-electron chi connectivity index (χ1n) is 6.60. The molecule has 0 radical (unpaired) electrons. The lowest BCUT2D eigenvalue weighted by atomic mass is 10.0. The lowest BCUT2D eigenvalue weighted by Crippen LogP contribution is -2.14. The first kappa shape index (κ1) is 13.8. The monoisotopic (exact) mass is 301 g/mol. The summed E-state index contributed by atoms with van der Waals surface area (Å²) in [5.74, 6) is -0.139. The molecule has 1 aromatic carbocycles. The van der Waals surface area contributed by atoms with Gasteiger partial charge in [-0.25, -0.2) is 4.98 Å². The quantitative estimate of drug-likeness (QED) is 0.805. The van der Waals surface area contributed by atoms with Crippen molar-refractivity contribution in [1.82, 2.24) is 10.1 Å². The van der Waals surface area contributed by atoms with Crippen LogP contribution in [-0.2, 0) is 11.2 Å². The van der Waals surface area contributed by atoms with E-state index in [9.17, 15) is 4.79 Å². The molecule has 0 fully saturated rings. The third-order valence-corrected chi connectivity index (χ3v) is 4.01. The molecule has 1 N–H and O–H groups in total. The second-order valence-electron chi connectivity index (χ2n) is 5.09. The third kappa shape index (κ3) is 2.80. The molecule has 0 unspecified atom stereocenters. The molecule has 2 aromatic heterocycles. The van der Waals surface area contributed by atoms with Crippen LogP contribution in [0.2, 0.25) is 0 Å². The smallest absolute Gasteiger partial charge is 0.232 e. The highest BCUT2D eigenvalue weighted by atomic mass is 32.1. The summed E-state index contributed by atoms with van der Waals surface area (Å²) in [5, 5.41) is 8.35. The largest absolute Gasteiger partial charge is 0.356 e. The van der Waals surface area contributed by atoms with Crippen LogP contribution >= 0.6 is 11.3 Å². The summed E-state index contributed by atoms with van der Waals surface area (Å²) in [6.07, 6.45) is 1.91. The zero-order valence-electron chi connectivity index (χ0n) is 12.1. The Kier molecular flexibility index (Phi) is 3.47. The summed E-state index contributed by atoms with van der Waals surface area (Å²) in [6.45, 7) is 5.95. The Morgan fingerprint density at radius 1 is 1.33 bits per heavy atom. The van der Waals surface area contributed by atoms with Gasteiger partial charge in [0, 0.05) is 16.5 Å². The summed E-state index contributed by atoms with van der Waals surface area (Å²) < 4.78 is 5.32. The minimum Gasteiger partial charge on any atom is -0.356 e. The van der Waals surface area contributed by atoms with E-state index < -0.39 is 0 Å². The van der Waals surface area contributed by atoms with Gasteiger partial charge in [0.1, 0.15) is 5.69 Å². The van der Waals surface area contributed by atoms with E-state index in [4.69, 9.17) is 4.52 Å². The number of carbonyl (C=O) groups excluding carboxylic acids is 1. The Labute approximate surface area is 126 Å². The van der Waals surface area contributed by atoms with Crippen molar-refractivity contribution in [2.45, 2.75) is 27.2 Å². The summed E-state index contributed by atoms with van der Waals surface area (Å²) in [5.41, 5.74) is 3.57. The zero-order valence-corrected chi connectivity index (χ0v) is 12.9. The SMILES string of the molecule is Cc1cc(C)c2c(CC(=O)Nc3ncc(C)s3)noc2c1. The van der Waals surface area contributed by atoms with Crippen LogP contribution in [0.1, 0.15) is 21.7 Å². The topological polar surface area (TPSA) is 68.0 Å². The van der Waals surface area contributed by atoms with E-state index in [2.05, 4.69) is 21.5 Å². The normalized spacial score (nSPS) is 11.0. The lowest BCUT2D eigenvalue weighted by Gasteiger charge is -2.01. The van der Waals surface area contributed by atoms with Crippen LogP contribution in [0.5, 0.6) is 0 Å². The maximum absolute atomic E-state index is 12.1. The number of nitrogens with one attached hydrogen (secondary N) is 1.